The summed E-state index contributed by atoms with van der Waals surface area (Å²) in [6.07, 6.45) is 3.03. The van der Waals surface area contributed by atoms with Gasteiger partial charge in [-0.1, -0.05) is 29.3 Å². The van der Waals surface area contributed by atoms with E-state index in [1.807, 2.05) is 6.07 Å². The summed E-state index contributed by atoms with van der Waals surface area (Å²) in [7, 11) is 0. The Morgan fingerprint density at radius 1 is 1.37 bits per heavy atom. The molecule has 4 nitrogen and oxygen atoms in total. The van der Waals surface area contributed by atoms with Crippen molar-refractivity contribution >= 4 is 23.2 Å². The van der Waals surface area contributed by atoms with Crippen LogP contribution in [0.15, 0.2) is 30.9 Å². The summed E-state index contributed by atoms with van der Waals surface area (Å²) >= 11 is 12.0. The summed E-state index contributed by atoms with van der Waals surface area (Å²) < 4.78 is 18.7. The molecule has 0 aliphatic rings. The van der Waals surface area contributed by atoms with Crippen molar-refractivity contribution in [2.75, 3.05) is 13.5 Å². The van der Waals surface area contributed by atoms with E-state index in [-0.39, 0.29) is 12.5 Å². The van der Waals surface area contributed by atoms with Crippen molar-refractivity contribution in [3.8, 4) is 0 Å². The highest BCUT2D eigenvalue weighted by atomic mass is 35.5. The first-order chi connectivity index (χ1) is 9.20. The van der Waals surface area contributed by atoms with E-state index in [0.29, 0.717) is 16.6 Å². The van der Waals surface area contributed by atoms with Crippen LogP contribution in [0.25, 0.3) is 0 Å². The summed E-state index contributed by atoms with van der Waals surface area (Å²) in [5.74, 6) is -0.123. The number of aromatic nitrogens is 3. The van der Waals surface area contributed by atoms with Crippen molar-refractivity contribution in [3.05, 3.63) is 46.5 Å². The first kappa shape index (κ1) is 14.2. The third kappa shape index (κ3) is 3.89. The smallest absolute Gasteiger partial charge is 0.188 e. The zero-order valence-electron chi connectivity index (χ0n) is 9.97. The van der Waals surface area contributed by atoms with Gasteiger partial charge in [0.05, 0.1) is 13.2 Å². The van der Waals surface area contributed by atoms with Crippen LogP contribution in [0.5, 0.6) is 0 Å². The lowest BCUT2D eigenvalue weighted by molar-refractivity contribution is 0.0453. The molecule has 0 aliphatic carbocycles. The van der Waals surface area contributed by atoms with E-state index >= 15 is 0 Å². The predicted octanol–water partition coefficient (Wildman–Crippen LogP) is 3.31. The maximum Gasteiger partial charge on any atom is 0.188 e. The zero-order chi connectivity index (χ0) is 13.7. The number of nitrogens with zero attached hydrogens (tertiary/aromatic N) is 3. The van der Waals surface area contributed by atoms with E-state index in [1.165, 1.54) is 6.33 Å². The SMILES string of the molecule is FCOCC(Cn1cncn1)c1ccc(Cl)cc1Cl. The van der Waals surface area contributed by atoms with Crippen molar-refractivity contribution in [3.63, 3.8) is 0 Å². The molecule has 0 spiro atoms. The molecule has 1 aromatic heterocycles. The van der Waals surface area contributed by atoms with E-state index in [1.54, 1.807) is 23.1 Å². The van der Waals surface area contributed by atoms with Gasteiger partial charge in [0.15, 0.2) is 6.86 Å². The Labute approximate surface area is 120 Å². The predicted molar refractivity (Wildman–Crippen MR) is 71.2 cm³/mol. The zero-order valence-corrected chi connectivity index (χ0v) is 11.5. The number of alkyl halides is 1. The monoisotopic (exact) mass is 303 g/mol. The number of benzene rings is 1. The van der Waals surface area contributed by atoms with Gasteiger partial charge in [0.2, 0.25) is 0 Å². The van der Waals surface area contributed by atoms with Crippen molar-refractivity contribution in [1.82, 2.24) is 14.8 Å². The van der Waals surface area contributed by atoms with Gasteiger partial charge >= 0.3 is 0 Å². The van der Waals surface area contributed by atoms with Crippen LogP contribution in [0.4, 0.5) is 4.39 Å². The van der Waals surface area contributed by atoms with Crippen LogP contribution in [0.2, 0.25) is 10.0 Å². The van der Waals surface area contributed by atoms with Gasteiger partial charge in [-0.25, -0.2) is 9.37 Å². The third-order valence-electron chi connectivity index (χ3n) is 2.67. The lowest BCUT2D eigenvalue weighted by Crippen LogP contribution is -2.16. The highest BCUT2D eigenvalue weighted by molar-refractivity contribution is 6.35. The van der Waals surface area contributed by atoms with Gasteiger partial charge < -0.3 is 4.74 Å². The summed E-state index contributed by atoms with van der Waals surface area (Å²) in [6.45, 7) is -0.127. The van der Waals surface area contributed by atoms with E-state index < -0.39 is 6.86 Å². The van der Waals surface area contributed by atoms with Gasteiger partial charge in [0.25, 0.3) is 0 Å². The minimum Gasteiger partial charge on any atom is -0.350 e. The summed E-state index contributed by atoms with van der Waals surface area (Å²) in [5, 5.41) is 5.11. The highest BCUT2D eigenvalue weighted by Crippen LogP contribution is 2.28. The van der Waals surface area contributed by atoms with E-state index in [2.05, 4.69) is 10.1 Å². The van der Waals surface area contributed by atoms with E-state index in [0.717, 1.165) is 5.56 Å². The molecule has 1 unspecified atom stereocenters. The van der Waals surface area contributed by atoms with E-state index in [4.69, 9.17) is 27.9 Å². The fourth-order valence-electron chi connectivity index (χ4n) is 1.81. The fraction of sp³-hybridized carbons (Fsp3) is 0.333. The van der Waals surface area contributed by atoms with Gasteiger partial charge in [0, 0.05) is 16.0 Å². The Hall–Kier alpha value is -1.17. The first-order valence-corrected chi connectivity index (χ1v) is 6.37. The number of rotatable bonds is 6. The second kappa shape index (κ2) is 6.84. The normalized spacial score (nSPS) is 12.6. The second-order valence-corrected chi connectivity index (χ2v) is 4.80. The number of hydrogen-bond acceptors (Lipinski definition) is 3. The van der Waals surface area contributed by atoms with Crippen LogP contribution < -0.4 is 0 Å². The van der Waals surface area contributed by atoms with Crippen molar-refractivity contribution in [1.29, 1.82) is 0 Å². The van der Waals surface area contributed by atoms with Crippen LogP contribution >= 0.6 is 23.2 Å². The quantitative estimate of drug-likeness (QED) is 0.822. The molecule has 0 saturated carbocycles. The molecular weight excluding hydrogens is 292 g/mol. The van der Waals surface area contributed by atoms with Gasteiger partial charge in [-0.05, 0) is 17.7 Å². The standard InChI is InChI=1S/C12H12Cl2FN3O/c13-10-1-2-11(12(14)3-10)9(5-19-6-15)4-18-8-16-7-17-18/h1-3,7-9H,4-6H2. The van der Waals surface area contributed by atoms with Gasteiger partial charge in [-0.15, -0.1) is 0 Å². The molecule has 0 bridgehead atoms. The number of halogens is 3. The van der Waals surface area contributed by atoms with Crippen LogP contribution in [-0.2, 0) is 11.3 Å². The Morgan fingerprint density at radius 3 is 2.84 bits per heavy atom. The average Bonchev–Trinajstić information content (AvgIpc) is 2.88. The topological polar surface area (TPSA) is 39.9 Å². The third-order valence-corrected chi connectivity index (χ3v) is 3.23. The summed E-state index contributed by atoms with van der Waals surface area (Å²) in [4.78, 5) is 3.87. The molecule has 2 aromatic rings. The molecule has 0 aliphatic heterocycles. The Bertz CT molecular complexity index is 522. The molecule has 1 atom stereocenters. The molecule has 1 aromatic carbocycles. The van der Waals surface area contributed by atoms with Crippen LogP contribution in [0, 0.1) is 0 Å². The average molecular weight is 304 g/mol. The minimum atomic E-state index is -0.834. The molecule has 102 valence electrons. The molecule has 0 fully saturated rings. The van der Waals surface area contributed by atoms with Crippen LogP contribution in [-0.4, -0.2) is 28.2 Å². The number of ether oxygens (including phenoxy) is 1. The largest absolute Gasteiger partial charge is 0.350 e. The second-order valence-electron chi connectivity index (χ2n) is 3.96. The summed E-state index contributed by atoms with van der Waals surface area (Å²) in [5.41, 5.74) is 0.843. The molecule has 0 amide bonds. The number of hydrogen-bond donors (Lipinski definition) is 0. The van der Waals surface area contributed by atoms with Crippen molar-refractivity contribution in [2.24, 2.45) is 0 Å². The Balaban J connectivity index is 2.20. The lowest BCUT2D eigenvalue weighted by atomic mass is 10.00. The Kier molecular flexibility index (Phi) is 5.13. The Morgan fingerprint density at radius 2 is 2.21 bits per heavy atom. The van der Waals surface area contributed by atoms with Gasteiger partial charge in [0.1, 0.15) is 12.7 Å². The molecule has 19 heavy (non-hydrogen) atoms. The van der Waals surface area contributed by atoms with Crippen molar-refractivity contribution in [2.45, 2.75) is 12.5 Å². The van der Waals surface area contributed by atoms with Crippen molar-refractivity contribution < 1.29 is 9.13 Å². The maximum atomic E-state index is 12.2. The molecular formula is C12H12Cl2FN3O. The maximum absolute atomic E-state index is 12.2. The first-order valence-electron chi connectivity index (χ1n) is 5.61. The lowest BCUT2D eigenvalue weighted by Gasteiger charge is -2.18. The van der Waals surface area contributed by atoms with Gasteiger partial charge in [-0.3, -0.25) is 4.68 Å². The molecule has 0 saturated heterocycles. The molecule has 2 rings (SSSR count). The molecule has 0 N–H and O–H groups in total. The molecule has 1 heterocycles. The fourth-order valence-corrected chi connectivity index (χ4v) is 2.38. The summed E-state index contributed by atoms with van der Waals surface area (Å²) in [6, 6.07) is 5.21. The van der Waals surface area contributed by atoms with E-state index in [9.17, 15) is 4.39 Å². The molecule has 0 radical (unpaired) electrons. The van der Waals surface area contributed by atoms with Crippen LogP contribution in [0.1, 0.15) is 11.5 Å². The molecule has 7 heteroatoms. The van der Waals surface area contributed by atoms with Gasteiger partial charge in [-0.2, -0.15) is 5.10 Å². The minimum absolute atomic E-state index is 0.123. The van der Waals surface area contributed by atoms with Crippen LogP contribution in [0.3, 0.4) is 0 Å². The highest BCUT2D eigenvalue weighted by Gasteiger charge is 2.17.